The third-order valence-corrected chi connectivity index (χ3v) is 5.37. The Morgan fingerprint density at radius 2 is 1.85 bits per heavy atom. The van der Waals surface area contributed by atoms with Gasteiger partial charge in [-0.2, -0.15) is 0 Å². The van der Waals surface area contributed by atoms with E-state index in [1.54, 1.807) is 16.7 Å². The molecule has 2 heterocycles. The second-order valence-corrected chi connectivity index (χ2v) is 7.47. The Hall–Kier alpha value is -2.63. The molecule has 4 rings (SSSR count). The molecule has 0 saturated heterocycles. The lowest BCUT2D eigenvalue weighted by Gasteiger charge is -2.13. The maximum atomic E-state index is 13.2. The van der Waals surface area contributed by atoms with E-state index in [1.807, 2.05) is 54.8 Å². The number of nitrogens with zero attached hydrogens (tertiary/aromatic N) is 2. The first kappa shape index (κ1) is 16.8. The van der Waals surface area contributed by atoms with Crippen molar-refractivity contribution in [1.82, 2.24) is 9.13 Å². The Kier molecular flexibility index (Phi) is 4.26. The molecule has 0 saturated carbocycles. The van der Waals surface area contributed by atoms with Gasteiger partial charge in [-0.15, -0.1) is 11.3 Å². The van der Waals surface area contributed by atoms with E-state index in [0.29, 0.717) is 27.5 Å². The quantitative estimate of drug-likeness (QED) is 0.532. The number of aromatic nitrogens is 2. The summed E-state index contributed by atoms with van der Waals surface area (Å²) in [4.78, 5) is 26.1. The third kappa shape index (κ3) is 2.89. The molecular formula is C20H15ClN2O2S. The van der Waals surface area contributed by atoms with Crippen molar-refractivity contribution in [2.24, 2.45) is 0 Å². The molecular weight excluding hydrogens is 368 g/mol. The molecule has 0 amide bonds. The average molecular weight is 383 g/mol. The minimum atomic E-state index is -0.355. The SMILES string of the molecule is Cc1cccc(-n2c(=O)c3sccc3n(Cc3cccc(Cl)c3)c2=O)c1. The molecule has 0 unspecified atom stereocenters. The second kappa shape index (κ2) is 6.59. The highest BCUT2D eigenvalue weighted by Crippen LogP contribution is 2.19. The predicted molar refractivity (Wildman–Crippen MR) is 107 cm³/mol. The van der Waals surface area contributed by atoms with Gasteiger partial charge in [0.25, 0.3) is 5.56 Å². The van der Waals surface area contributed by atoms with Crippen LogP contribution >= 0.6 is 22.9 Å². The van der Waals surface area contributed by atoms with E-state index in [4.69, 9.17) is 11.6 Å². The van der Waals surface area contributed by atoms with E-state index in [0.717, 1.165) is 11.1 Å². The highest BCUT2D eigenvalue weighted by Gasteiger charge is 2.16. The molecule has 0 N–H and O–H groups in total. The van der Waals surface area contributed by atoms with Crippen molar-refractivity contribution in [3.63, 3.8) is 0 Å². The van der Waals surface area contributed by atoms with Gasteiger partial charge in [-0.1, -0.05) is 35.9 Å². The molecule has 0 fully saturated rings. The largest absolute Gasteiger partial charge is 0.336 e. The fourth-order valence-electron chi connectivity index (χ4n) is 3.05. The summed E-state index contributed by atoms with van der Waals surface area (Å²) in [5.74, 6) is 0. The molecule has 0 aliphatic heterocycles. The van der Waals surface area contributed by atoms with Crippen LogP contribution in [0.5, 0.6) is 0 Å². The molecule has 0 spiro atoms. The highest BCUT2D eigenvalue weighted by molar-refractivity contribution is 7.17. The molecule has 4 nitrogen and oxygen atoms in total. The molecule has 130 valence electrons. The smallest absolute Gasteiger partial charge is 0.288 e. The Balaban J connectivity index is 2.00. The van der Waals surface area contributed by atoms with Crippen LogP contribution in [-0.4, -0.2) is 9.13 Å². The van der Waals surface area contributed by atoms with Crippen LogP contribution in [0, 0.1) is 6.92 Å². The molecule has 2 aromatic heterocycles. The standard InChI is InChI=1S/C20H15ClN2O2S/c1-13-4-2-7-16(10-13)23-19(24)18-17(8-9-26-18)22(20(23)25)12-14-5-3-6-15(21)11-14/h2-11H,12H2,1H3. The summed E-state index contributed by atoms with van der Waals surface area (Å²) in [6, 6.07) is 16.6. The number of aryl methyl sites for hydroxylation is 1. The molecule has 0 aliphatic rings. The molecule has 2 aromatic carbocycles. The number of hydrogen-bond donors (Lipinski definition) is 0. The Labute approximate surface area is 158 Å². The van der Waals surface area contributed by atoms with Crippen molar-refractivity contribution in [2.45, 2.75) is 13.5 Å². The number of halogens is 1. The zero-order chi connectivity index (χ0) is 18.3. The fraction of sp³-hybridized carbons (Fsp3) is 0.100. The van der Waals surface area contributed by atoms with Crippen molar-refractivity contribution in [3.05, 3.63) is 97.0 Å². The zero-order valence-corrected chi connectivity index (χ0v) is 15.6. The van der Waals surface area contributed by atoms with Crippen LogP contribution in [0.25, 0.3) is 15.9 Å². The van der Waals surface area contributed by atoms with Gasteiger partial charge in [0, 0.05) is 5.02 Å². The van der Waals surface area contributed by atoms with E-state index in [9.17, 15) is 9.59 Å². The minimum Gasteiger partial charge on any atom is -0.288 e. The first-order valence-electron chi connectivity index (χ1n) is 8.09. The van der Waals surface area contributed by atoms with Crippen LogP contribution < -0.4 is 11.2 Å². The van der Waals surface area contributed by atoms with Gasteiger partial charge in [0.1, 0.15) is 4.70 Å². The minimum absolute atomic E-state index is 0.284. The summed E-state index contributed by atoms with van der Waals surface area (Å²) >= 11 is 7.42. The van der Waals surface area contributed by atoms with Crippen molar-refractivity contribution < 1.29 is 0 Å². The zero-order valence-electron chi connectivity index (χ0n) is 14.0. The number of thiophene rings is 1. The third-order valence-electron chi connectivity index (χ3n) is 4.24. The normalized spacial score (nSPS) is 11.2. The van der Waals surface area contributed by atoms with Crippen molar-refractivity contribution in [3.8, 4) is 5.69 Å². The van der Waals surface area contributed by atoms with Gasteiger partial charge in [-0.3, -0.25) is 9.36 Å². The van der Waals surface area contributed by atoms with Crippen LogP contribution in [0.2, 0.25) is 5.02 Å². The number of fused-ring (bicyclic) bond motifs is 1. The fourth-order valence-corrected chi connectivity index (χ4v) is 4.09. The maximum Gasteiger partial charge on any atom is 0.336 e. The van der Waals surface area contributed by atoms with Crippen LogP contribution in [0.3, 0.4) is 0 Å². The summed E-state index contributed by atoms with van der Waals surface area (Å²) in [5.41, 5.74) is 2.48. The van der Waals surface area contributed by atoms with Crippen molar-refractivity contribution in [2.75, 3.05) is 0 Å². The van der Waals surface area contributed by atoms with Crippen molar-refractivity contribution >= 4 is 33.2 Å². The maximum absolute atomic E-state index is 13.2. The summed E-state index contributed by atoms with van der Waals surface area (Å²) in [6.07, 6.45) is 0. The average Bonchev–Trinajstić information content (AvgIpc) is 3.09. The second-order valence-electron chi connectivity index (χ2n) is 6.11. The summed E-state index contributed by atoms with van der Waals surface area (Å²) < 4.78 is 3.44. The van der Waals surface area contributed by atoms with E-state index < -0.39 is 0 Å². The van der Waals surface area contributed by atoms with E-state index >= 15 is 0 Å². The molecule has 0 aliphatic carbocycles. The molecule has 0 atom stereocenters. The molecule has 26 heavy (non-hydrogen) atoms. The Morgan fingerprint density at radius 3 is 2.62 bits per heavy atom. The monoisotopic (exact) mass is 382 g/mol. The van der Waals surface area contributed by atoms with Crippen LogP contribution in [0.15, 0.2) is 69.6 Å². The molecule has 6 heteroatoms. The number of benzene rings is 2. The van der Waals surface area contributed by atoms with Gasteiger partial charge in [0.05, 0.1) is 17.7 Å². The lowest BCUT2D eigenvalue weighted by Crippen LogP contribution is -2.38. The molecule has 0 radical (unpaired) electrons. The van der Waals surface area contributed by atoms with Crippen LogP contribution in [-0.2, 0) is 6.54 Å². The van der Waals surface area contributed by atoms with Gasteiger partial charge >= 0.3 is 5.69 Å². The Morgan fingerprint density at radius 1 is 1.04 bits per heavy atom. The summed E-state index contributed by atoms with van der Waals surface area (Å²) in [7, 11) is 0. The van der Waals surface area contributed by atoms with Crippen LogP contribution in [0.1, 0.15) is 11.1 Å². The number of rotatable bonds is 3. The summed E-state index contributed by atoms with van der Waals surface area (Å²) in [6.45, 7) is 2.28. The van der Waals surface area contributed by atoms with Crippen LogP contribution in [0.4, 0.5) is 0 Å². The van der Waals surface area contributed by atoms with Gasteiger partial charge in [-0.25, -0.2) is 9.36 Å². The Bertz CT molecular complexity index is 1240. The van der Waals surface area contributed by atoms with E-state index in [2.05, 4.69) is 0 Å². The first-order chi connectivity index (χ1) is 12.5. The number of hydrogen-bond acceptors (Lipinski definition) is 3. The van der Waals surface area contributed by atoms with Gasteiger partial charge in [0.15, 0.2) is 0 Å². The summed E-state index contributed by atoms with van der Waals surface area (Å²) in [5, 5.41) is 2.45. The highest BCUT2D eigenvalue weighted by atomic mass is 35.5. The predicted octanol–water partition coefficient (Wildman–Crippen LogP) is 4.22. The van der Waals surface area contributed by atoms with E-state index in [-0.39, 0.29) is 11.2 Å². The molecule has 0 bridgehead atoms. The van der Waals surface area contributed by atoms with Gasteiger partial charge < -0.3 is 0 Å². The van der Waals surface area contributed by atoms with Crippen molar-refractivity contribution in [1.29, 1.82) is 0 Å². The molecule has 4 aromatic rings. The van der Waals surface area contributed by atoms with Gasteiger partial charge in [-0.05, 0) is 53.8 Å². The van der Waals surface area contributed by atoms with E-state index in [1.165, 1.54) is 15.9 Å². The lowest BCUT2D eigenvalue weighted by atomic mass is 10.2. The topological polar surface area (TPSA) is 44.0 Å². The lowest BCUT2D eigenvalue weighted by molar-refractivity contribution is 0.716. The van der Waals surface area contributed by atoms with Gasteiger partial charge in [0.2, 0.25) is 0 Å². The first-order valence-corrected chi connectivity index (χ1v) is 9.35.